The first-order valence-electron chi connectivity index (χ1n) is 14.2. The number of likely N-dealkylation sites (tertiary alicyclic amines) is 1. The molecule has 2 fully saturated rings. The van der Waals surface area contributed by atoms with Gasteiger partial charge in [-0.25, -0.2) is 13.8 Å². The zero-order valence-electron chi connectivity index (χ0n) is 23.6. The van der Waals surface area contributed by atoms with Crippen LogP contribution in [0.2, 0.25) is 0 Å². The van der Waals surface area contributed by atoms with Crippen LogP contribution in [0.3, 0.4) is 0 Å². The van der Waals surface area contributed by atoms with Crippen LogP contribution in [0.5, 0.6) is 17.4 Å². The van der Waals surface area contributed by atoms with Gasteiger partial charge in [-0.05, 0) is 94.2 Å². The number of pyridine rings is 2. The van der Waals surface area contributed by atoms with E-state index in [2.05, 4.69) is 21.9 Å². The minimum absolute atomic E-state index is 0.0959. The Balaban J connectivity index is 1.23. The van der Waals surface area contributed by atoms with Crippen molar-refractivity contribution in [1.82, 2.24) is 14.9 Å². The number of primary amides is 1. The average molecular weight is 588 g/mol. The summed E-state index contributed by atoms with van der Waals surface area (Å²) in [6.45, 7) is 2.68. The molecule has 0 atom stereocenters. The fourth-order valence-electron chi connectivity index (χ4n) is 5.31. The van der Waals surface area contributed by atoms with Crippen molar-refractivity contribution in [2.75, 3.05) is 31.6 Å². The number of hydrogen-bond acceptors (Lipinski definition) is 7. The van der Waals surface area contributed by atoms with E-state index in [0.717, 1.165) is 32.0 Å². The molecule has 6 rings (SSSR count). The van der Waals surface area contributed by atoms with E-state index in [0.29, 0.717) is 35.1 Å². The Hall–Kier alpha value is -4.64. The van der Waals surface area contributed by atoms with Gasteiger partial charge < -0.3 is 20.1 Å². The highest BCUT2D eigenvalue weighted by molar-refractivity contribution is 6.16. The van der Waals surface area contributed by atoms with Crippen LogP contribution in [0, 0.1) is 23.0 Å². The highest BCUT2D eigenvalue weighted by atomic mass is 19.1. The standard InChI is InChI=1S/C32H31F2N5O4/c1-38-14-9-20(10-15-38)19-42-29-17-26-24(18-37-29)27(8-13-36-26)43-28-7-6-23(16-25(28)34)39(22-4-2-21(33)3-5-22)31(41)32(11-12-32)30(35)40/h2-8,13,16-18,20H,9-12,14-15,19H2,1H3,(H2,35,40). The Labute approximate surface area is 247 Å². The van der Waals surface area contributed by atoms with Crippen molar-refractivity contribution in [2.45, 2.75) is 25.7 Å². The Morgan fingerprint density at radius 2 is 1.72 bits per heavy atom. The molecule has 1 saturated heterocycles. The van der Waals surface area contributed by atoms with E-state index in [4.69, 9.17) is 15.2 Å². The maximum absolute atomic E-state index is 15.5. The molecule has 1 saturated carbocycles. The number of nitrogens with two attached hydrogens (primary N) is 1. The lowest BCUT2D eigenvalue weighted by molar-refractivity contribution is -0.133. The minimum atomic E-state index is -1.38. The van der Waals surface area contributed by atoms with Gasteiger partial charge in [-0.2, -0.15) is 0 Å². The van der Waals surface area contributed by atoms with Crippen LogP contribution in [-0.4, -0.2) is 53.4 Å². The number of anilines is 2. The lowest BCUT2D eigenvalue weighted by atomic mass is 9.98. The van der Waals surface area contributed by atoms with Gasteiger partial charge in [0.25, 0.3) is 0 Å². The summed E-state index contributed by atoms with van der Waals surface area (Å²) in [5, 5.41) is 0.567. The summed E-state index contributed by atoms with van der Waals surface area (Å²) in [4.78, 5) is 37.9. The van der Waals surface area contributed by atoms with Crippen LogP contribution >= 0.6 is 0 Å². The van der Waals surface area contributed by atoms with Crippen LogP contribution in [-0.2, 0) is 9.59 Å². The maximum atomic E-state index is 15.5. The van der Waals surface area contributed by atoms with Gasteiger partial charge in [0, 0.05) is 30.2 Å². The van der Waals surface area contributed by atoms with Gasteiger partial charge in [0.1, 0.15) is 17.0 Å². The van der Waals surface area contributed by atoms with E-state index in [-0.39, 0.29) is 30.0 Å². The molecule has 2 aromatic carbocycles. The smallest absolute Gasteiger partial charge is 0.247 e. The zero-order chi connectivity index (χ0) is 30.1. The number of benzene rings is 2. The first kappa shape index (κ1) is 28.5. The summed E-state index contributed by atoms with van der Waals surface area (Å²) in [6.07, 6.45) is 5.87. The second kappa shape index (κ2) is 11.6. The normalized spacial score (nSPS) is 16.5. The summed E-state index contributed by atoms with van der Waals surface area (Å²) in [5.74, 6) is -1.43. The van der Waals surface area contributed by atoms with E-state index in [9.17, 15) is 14.0 Å². The third-order valence-electron chi connectivity index (χ3n) is 8.18. The molecule has 4 aromatic rings. The number of carbonyl (C=O) groups is 2. The number of ether oxygens (including phenoxy) is 2. The molecule has 2 amide bonds. The summed E-state index contributed by atoms with van der Waals surface area (Å²) in [5.41, 5.74) is 5.16. The van der Waals surface area contributed by atoms with Gasteiger partial charge in [0.2, 0.25) is 17.7 Å². The monoisotopic (exact) mass is 587 g/mol. The van der Waals surface area contributed by atoms with Crippen LogP contribution in [0.1, 0.15) is 25.7 Å². The molecular formula is C32H31F2N5O4. The average Bonchev–Trinajstić information content (AvgIpc) is 3.82. The first-order chi connectivity index (χ1) is 20.7. The Kier molecular flexibility index (Phi) is 7.66. The Bertz CT molecular complexity index is 1670. The Morgan fingerprint density at radius 3 is 2.40 bits per heavy atom. The molecule has 3 heterocycles. The molecule has 11 heteroatoms. The SMILES string of the molecule is CN1CCC(COc2cc3nccc(Oc4ccc(N(C(=O)C5(C(N)=O)CC5)c5ccc(F)cc5)cc4F)c3cn2)CC1. The number of nitrogens with zero attached hydrogens (tertiary/aromatic N) is 4. The number of aromatic nitrogens is 2. The summed E-state index contributed by atoms with van der Waals surface area (Å²) in [6, 6.07) is 12.5. The van der Waals surface area contributed by atoms with Crippen LogP contribution in [0.25, 0.3) is 10.9 Å². The van der Waals surface area contributed by atoms with Crippen molar-refractivity contribution in [3.63, 3.8) is 0 Å². The van der Waals surface area contributed by atoms with Gasteiger partial charge >= 0.3 is 0 Å². The number of halogens is 2. The summed E-state index contributed by atoms with van der Waals surface area (Å²) >= 11 is 0. The molecule has 2 aliphatic rings. The van der Waals surface area contributed by atoms with Crippen molar-refractivity contribution < 1.29 is 27.8 Å². The van der Waals surface area contributed by atoms with E-state index < -0.39 is 28.9 Å². The van der Waals surface area contributed by atoms with Crippen LogP contribution < -0.4 is 20.1 Å². The summed E-state index contributed by atoms with van der Waals surface area (Å²) < 4.78 is 41.0. The van der Waals surface area contributed by atoms with E-state index in [1.807, 2.05) is 0 Å². The third kappa shape index (κ3) is 5.85. The molecule has 1 aliphatic heterocycles. The minimum Gasteiger partial charge on any atom is -0.477 e. The van der Waals surface area contributed by atoms with Crippen molar-refractivity contribution in [3.05, 3.63) is 78.6 Å². The molecule has 9 nitrogen and oxygen atoms in total. The largest absolute Gasteiger partial charge is 0.477 e. The van der Waals surface area contributed by atoms with Crippen LogP contribution in [0.15, 0.2) is 67.0 Å². The van der Waals surface area contributed by atoms with Gasteiger partial charge in [-0.15, -0.1) is 0 Å². The number of fused-ring (bicyclic) bond motifs is 1. The van der Waals surface area contributed by atoms with Gasteiger partial charge in [0.05, 0.1) is 23.2 Å². The highest BCUT2D eigenvalue weighted by Crippen LogP contribution is 2.49. The van der Waals surface area contributed by atoms with Gasteiger partial charge in [-0.1, -0.05) is 0 Å². The number of carbonyl (C=O) groups excluding carboxylic acids is 2. The zero-order valence-corrected chi connectivity index (χ0v) is 23.6. The molecule has 2 aromatic heterocycles. The molecule has 0 spiro atoms. The van der Waals surface area contributed by atoms with Crippen molar-refractivity contribution >= 4 is 34.1 Å². The highest BCUT2D eigenvalue weighted by Gasteiger charge is 2.57. The molecule has 222 valence electrons. The summed E-state index contributed by atoms with van der Waals surface area (Å²) in [7, 11) is 2.12. The molecule has 43 heavy (non-hydrogen) atoms. The molecule has 2 N–H and O–H groups in total. The van der Waals surface area contributed by atoms with E-state index >= 15 is 4.39 Å². The number of hydrogen-bond donors (Lipinski definition) is 1. The fraction of sp³-hybridized carbons (Fsp3) is 0.312. The molecule has 0 bridgehead atoms. The molecule has 1 aliphatic carbocycles. The molecule has 0 unspecified atom stereocenters. The quantitative estimate of drug-likeness (QED) is 0.263. The third-order valence-corrected chi connectivity index (χ3v) is 8.18. The maximum Gasteiger partial charge on any atom is 0.247 e. The number of rotatable bonds is 9. The topological polar surface area (TPSA) is 111 Å². The van der Waals surface area contributed by atoms with Crippen molar-refractivity contribution in [2.24, 2.45) is 17.1 Å². The van der Waals surface area contributed by atoms with Gasteiger partial charge in [0.15, 0.2) is 11.6 Å². The van der Waals surface area contributed by atoms with Crippen LogP contribution in [0.4, 0.5) is 20.2 Å². The van der Waals surface area contributed by atoms with E-state index in [1.54, 1.807) is 24.5 Å². The lowest BCUT2D eigenvalue weighted by Gasteiger charge is -2.28. The van der Waals surface area contributed by atoms with E-state index in [1.165, 1.54) is 41.3 Å². The first-order valence-corrected chi connectivity index (χ1v) is 14.2. The lowest BCUT2D eigenvalue weighted by Crippen LogP contribution is -2.41. The van der Waals surface area contributed by atoms with Crippen molar-refractivity contribution in [1.29, 1.82) is 0 Å². The molecular weight excluding hydrogens is 556 g/mol. The Morgan fingerprint density at radius 1 is 1.00 bits per heavy atom. The predicted molar refractivity (Wildman–Crippen MR) is 156 cm³/mol. The van der Waals surface area contributed by atoms with Crippen molar-refractivity contribution in [3.8, 4) is 17.4 Å². The second-order valence-electron chi connectivity index (χ2n) is 11.2. The number of piperidine rings is 1. The predicted octanol–water partition coefficient (Wildman–Crippen LogP) is 5.35. The second-order valence-corrected chi connectivity index (χ2v) is 11.2. The number of amides is 2. The van der Waals surface area contributed by atoms with Gasteiger partial charge in [-0.3, -0.25) is 19.5 Å². The molecule has 0 radical (unpaired) electrons. The fourth-order valence-corrected chi connectivity index (χ4v) is 5.31.